The Morgan fingerprint density at radius 3 is 3.00 bits per heavy atom. The Hall–Kier alpha value is -1.36. The molecular weight excluding hydrogens is 192 g/mol. The van der Waals surface area contributed by atoms with Crippen molar-refractivity contribution >= 4 is 5.95 Å². The van der Waals surface area contributed by atoms with Crippen molar-refractivity contribution in [3.8, 4) is 5.88 Å². The van der Waals surface area contributed by atoms with Crippen LogP contribution in [-0.4, -0.2) is 43.8 Å². The fourth-order valence-corrected chi connectivity index (χ4v) is 1.12. The first-order valence-electron chi connectivity index (χ1n) is 5.09. The topological polar surface area (TPSA) is 50.3 Å². The Bertz CT molecular complexity index is 293. The van der Waals surface area contributed by atoms with Gasteiger partial charge in [-0.05, 0) is 14.0 Å². The normalized spacial score (nSPS) is 10.1. The lowest BCUT2D eigenvalue weighted by atomic mass is 10.5. The van der Waals surface area contributed by atoms with Gasteiger partial charge in [-0.1, -0.05) is 0 Å². The second-order valence-corrected chi connectivity index (χ2v) is 3.15. The third kappa shape index (κ3) is 3.71. The molecule has 0 aliphatic carbocycles. The number of hydrogen-bond donors (Lipinski definition) is 1. The number of hydrogen-bond acceptors (Lipinski definition) is 5. The first-order chi connectivity index (χ1) is 7.27. The molecule has 0 fully saturated rings. The minimum Gasteiger partial charge on any atom is -0.478 e. The van der Waals surface area contributed by atoms with E-state index in [1.165, 1.54) is 0 Å². The number of anilines is 1. The van der Waals surface area contributed by atoms with E-state index < -0.39 is 0 Å². The predicted octanol–water partition coefficient (Wildman–Crippen LogP) is 0.531. The van der Waals surface area contributed by atoms with Gasteiger partial charge in [-0.25, -0.2) is 4.98 Å². The molecule has 1 aromatic heterocycles. The van der Waals surface area contributed by atoms with Gasteiger partial charge < -0.3 is 15.0 Å². The van der Waals surface area contributed by atoms with Crippen LogP contribution in [0, 0.1) is 0 Å². The average Bonchev–Trinajstić information content (AvgIpc) is 2.27. The molecule has 0 bridgehead atoms. The van der Waals surface area contributed by atoms with E-state index in [1.54, 1.807) is 12.3 Å². The number of nitrogens with one attached hydrogen (secondary N) is 1. The van der Waals surface area contributed by atoms with Crippen molar-refractivity contribution in [3.05, 3.63) is 12.3 Å². The van der Waals surface area contributed by atoms with E-state index in [9.17, 15) is 0 Å². The molecule has 0 unspecified atom stereocenters. The van der Waals surface area contributed by atoms with E-state index in [1.807, 2.05) is 25.9 Å². The van der Waals surface area contributed by atoms with Gasteiger partial charge in [-0.2, -0.15) is 4.98 Å². The zero-order chi connectivity index (χ0) is 11.1. The van der Waals surface area contributed by atoms with Gasteiger partial charge >= 0.3 is 0 Å². The maximum Gasteiger partial charge on any atom is 0.228 e. The van der Waals surface area contributed by atoms with E-state index in [0.717, 1.165) is 13.1 Å². The summed E-state index contributed by atoms with van der Waals surface area (Å²) in [4.78, 5) is 10.4. The van der Waals surface area contributed by atoms with Crippen LogP contribution in [0.2, 0.25) is 0 Å². The quantitative estimate of drug-likeness (QED) is 0.742. The molecule has 0 aliphatic heterocycles. The van der Waals surface area contributed by atoms with Crippen LogP contribution < -0.4 is 15.0 Å². The van der Waals surface area contributed by atoms with E-state index >= 15 is 0 Å². The van der Waals surface area contributed by atoms with E-state index in [4.69, 9.17) is 4.74 Å². The lowest BCUT2D eigenvalue weighted by Crippen LogP contribution is -2.28. The van der Waals surface area contributed by atoms with Crippen molar-refractivity contribution in [2.45, 2.75) is 6.92 Å². The molecule has 15 heavy (non-hydrogen) atoms. The van der Waals surface area contributed by atoms with Crippen molar-refractivity contribution < 1.29 is 4.74 Å². The number of aromatic nitrogens is 2. The first kappa shape index (κ1) is 11.7. The molecule has 1 rings (SSSR count). The summed E-state index contributed by atoms with van der Waals surface area (Å²) in [6.07, 6.45) is 1.71. The summed E-state index contributed by atoms with van der Waals surface area (Å²) >= 11 is 0. The lowest BCUT2D eigenvalue weighted by Gasteiger charge is -2.16. The van der Waals surface area contributed by atoms with Gasteiger partial charge in [0.25, 0.3) is 0 Å². The highest BCUT2D eigenvalue weighted by Crippen LogP contribution is 2.10. The van der Waals surface area contributed by atoms with Gasteiger partial charge in [0.05, 0.1) is 6.61 Å². The summed E-state index contributed by atoms with van der Waals surface area (Å²) in [5.74, 6) is 1.31. The SMILES string of the molecule is CCOc1ccnc(N(C)CCNC)n1. The van der Waals surface area contributed by atoms with Gasteiger partial charge in [0, 0.05) is 32.4 Å². The third-order valence-electron chi connectivity index (χ3n) is 1.95. The largest absolute Gasteiger partial charge is 0.478 e. The molecular formula is C10H18N4O. The lowest BCUT2D eigenvalue weighted by molar-refractivity contribution is 0.326. The highest BCUT2D eigenvalue weighted by Gasteiger charge is 2.04. The molecule has 0 radical (unpaired) electrons. The molecule has 0 atom stereocenters. The standard InChI is InChI=1S/C10H18N4O/c1-4-15-9-5-6-12-10(13-9)14(3)8-7-11-2/h5-6,11H,4,7-8H2,1-3H3. The molecule has 0 spiro atoms. The van der Waals surface area contributed by atoms with Crippen LogP contribution in [-0.2, 0) is 0 Å². The minimum absolute atomic E-state index is 0.622. The van der Waals surface area contributed by atoms with Crippen LogP contribution in [0.5, 0.6) is 5.88 Å². The Morgan fingerprint density at radius 1 is 1.53 bits per heavy atom. The van der Waals surface area contributed by atoms with Gasteiger partial charge in [-0.15, -0.1) is 0 Å². The monoisotopic (exact) mass is 210 g/mol. The molecule has 5 nitrogen and oxygen atoms in total. The maximum atomic E-state index is 5.31. The Morgan fingerprint density at radius 2 is 2.33 bits per heavy atom. The maximum absolute atomic E-state index is 5.31. The van der Waals surface area contributed by atoms with Crippen molar-refractivity contribution in [2.24, 2.45) is 0 Å². The molecule has 1 heterocycles. The Labute approximate surface area is 90.5 Å². The summed E-state index contributed by atoms with van der Waals surface area (Å²) in [6, 6.07) is 1.76. The fraction of sp³-hybridized carbons (Fsp3) is 0.600. The van der Waals surface area contributed by atoms with E-state index in [0.29, 0.717) is 18.4 Å². The molecule has 84 valence electrons. The van der Waals surface area contributed by atoms with Gasteiger partial charge in [-0.3, -0.25) is 0 Å². The minimum atomic E-state index is 0.622. The number of nitrogens with zero attached hydrogens (tertiary/aromatic N) is 3. The number of ether oxygens (including phenoxy) is 1. The summed E-state index contributed by atoms with van der Waals surface area (Å²) in [6.45, 7) is 4.33. The molecule has 0 saturated heterocycles. The molecule has 1 aromatic rings. The van der Waals surface area contributed by atoms with Crippen LogP contribution in [0.15, 0.2) is 12.3 Å². The van der Waals surface area contributed by atoms with Crippen LogP contribution in [0.3, 0.4) is 0 Å². The highest BCUT2D eigenvalue weighted by molar-refractivity contribution is 5.30. The molecule has 0 saturated carbocycles. The number of rotatable bonds is 6. The summed E-state index contributed by atoms with van der Waals surface area (Å²) in [5, 5.41) is 3.08. The van der Waals surface area contributed by atoms with Gasteiger partial charge in [0.15, 0.2) is 0 Å². The average molecular weight is 210 g/mol. The fourth-order valence-electron chi connectivity index (χ4n) is 1.12. The highest BCUT2D eigenvalue weighted by atomic mass is 16.5. The smallest absolute Gasteiger partial charge is 0.228 e. The zero-order valence-electron chi connectivity index (χ0n) is 9.53. The molecule has 0 aromatic carbocycles. The van der Waals surface area contributed by atoms with E-state index in [-0.39, 0.29) is 0 Å². The van der Waals surface area contributed by atoms with Crippen molar-refractivity contribution in [2.75, 3.05) is 38.7 Å². The first-order valence-corrected chi connectivity index (χ1v) is 5.09. The van der Waals surface area contributed by atoms with Crippen molar-refractivity contribution in [3.63, 3.8) is 0 Å². The van der Waals surface area contributed by atoms with Crippen molar-refractivity contribution in [1.29, 1.82) is 0 Å². The van der Waals surface area contributed by atoms with Crippen LogP contribution in [0.4, 0.5) is 5.95 Å². The molecule has 0 aliphatic rings. The zero-order valence-corrected chi connectivity index (χ0v) is 9.53. The van der Waals surface area contributed by atoms with Gasteiger partial charge in [0.1, 0.15) is 0 Å². The van der Waals surface area contributed by atoms with Gasteiger partial charge in [0.2, 0.25) is 11.8 Å². The van der Waals surface area contributed by atoms with Crippen LogP contribution in [0.25, 0.3) is 0 Å². The Kier molecular flexibility index (Phi) is 4.83. The molecule has 5 heteroatoms. The summed E-state index contributed by atoms with van der Waals surface area (Å²) < 4.78 is 5.31. The Balaban J connectivity index is 2.62. The molecule has 0 amide bonds. The second-order valence-electron chi connectivity index (χ2n) is 3.15. The van der Waals surface area contributed by atoms with Crippen LogP contribution >= 0.6 is 0 Å². The summed E-state index contributed by atoms with van der Waals surface area (Å²) in [7, 11) is 3.88. The second kappa shape index (κ2) is 6.19. The third-order valence-corrected chi connectivity index (χ3v) is 1.95. The molecule has 1 N–H and O–H groups in total. The van der Waals surface area contributed by atoms with Crippen molar-refractivity contribution in [1.82, 2.24) is 15.3 Å². The predicted molar refractivity (Wildman–Crippen MR) is 60.4 cm³/mol. The van der Waals surface area contributed by atoms with E-state index in [2.05, 4.69) is 15.3 Å². The van der Waals surface area contributed by atoms with Crippen LogP contribution in [0.1, 0.15) is 6.92 Å². The number of likely N-dealkylation sites (N-methyl/N-ethyl adjacent to an activating group) is 2. The summed E-state index contributed by atoms with van der Waals surface area (Å²) in [5.41, 5.74) is 0.